The third-order valence-electron chi connectivity index (χ3n) is 4.20. The van der Waals surface area contributed by atoms with Gasteiger partial charge in [-0.2, -0.15) is 10.1 Å². The summed E-state index contributed by atoms with van der Waals surface area (Å²) < 4.78 is 0.569. The van der Waals surface area contributed by atoms with Crippen LogP contribution >= 0.6 is 15.9 Å². The summed E-state index contributed by atoms with van der Waals surface area (Å²) >= 11 is 3.26. The number of halogens is 1. The third-order valence-corrected chi connectivity index (χ3v) is 4.84. The minimum atomic E-state index is -0.611. The summed E-state index contributed by atoms with van der Waals surface area (Å²) in [6.45, 7) is 5.82. The fraction of sp³-hybridized carbons (Fsp3) is 0.222. The van der Waals surface area contributed by atoms with Gasteiger partial charge >= 0.3 is 0 Å². The molecule has 1 aliphatic heterocycles. The lowest BCUT2D eigenvalue weighted by Crippen LogP contribution is -2.45. The smallest absolute Gasteiger partial charge is 0.272 e. The molecule has 1 unspecified atom stereocenters. The van der Waals surface area contributed by atoms with Crippen LogP contribution in [-0.2, 0) is 4.79 Å². The number of nitrogens with one attached hydrogen (secondary N) is 2. The highest BCUT2D eigenvalue weighted by Gasteiger charge is 2.34. The number of benzene rings is 2. The average Bonchev–Trinajstić information content (AvgIpc) is 2.86. The van der Waals surface area contributed by atoms with Crippen molar-refractivity contribution in [3.8, 4) is 5.75 Å². The van der Waals surface area contributed by atoms with E-state index in [-0.39, 0.29) is 11.7 Å². The van der Waals surface area contributed by atoms with Gasteiger partial charge in [0.25, 0.3) is 5.91 Å². The summed E-state index contributed by atoms with van der Waals surface area (Å²) in [6, 6.07) is 10.4. The van der Waals surface area contributed by atoms with Crippen LogP contribution in [-0.4, -0.2) is 22.8 Å². The van der Waals surface area contributed by atoms with Gasteiger partial charge in [-0.1, -0.05) is 12.1 Å². The molecule has 0 radical (unpaired) electrons. The number of hydrazone groups is 1. The van der Waals surface area contributed by atoms with E-state index in [1.807, 2.05) is 32.0 Å². The largest absolute Gasteiger partial charge is 0.505 e. The lowest BCUT2D eigenvalue weighted by Gasteiger charge is -2.17. The Kier molecular flexibility index (Phi) is 4.78. The normalized spacial score (nSPS) is 17.0. The molecule has 0 aliphatic carbocycles. The van der Waals surface area contributed by atoms with Gasteiger partial charge in [0.15, 0.2) is 5.75 Å². The fourth-order valence-electron chi connectivity index (χ4n) is 2.54. The Morgan fingerprint density at radius 1 is 1.16 bits per heavy atom. The van der Waals surface area contributed by atoms with E-state index in [9.17, 15) is 9.90 Å². The summed E-state index contributed by atoms with van der Waals surface area (Å²) in [6.07, 6.45) is 0. The minimum absolute atomic E-state index is 0.0704. The van der Waals surface area contributed by atoms with Crippen LogP contribution < -0.4 is 15.9 Å². The molecule has 0 saturated carbocycles. The van der Waals surface area contributed by atoms with Gasteiger partial charge in [-0.05, 0) is 72.1 Å². The number of carbonyl (C=O) groups excluding carboxylic acids is 1. The summed E-state index contributed by atoms with van der Waals surface area (Å²) in [5.41, 5.74) is 9.95. The Balaban J connectivity index is 1.76. The van der Waals surface area contributed by atoms with Gasteiger partial charge in [0.1, 0.15) is 6.04 Å². The van der Waals surface area contributed by atoms with Crippen LogP contribution in [0.1, 0.15) is 18.1 Å². The predicted molar refractivity (Wildman–Crippen MR) is 103 cm³/mol. The topological polar surface area (TPSA) is 77.0 Å². The Bertz CT molecular complexity index is 866. The van der Waals surface area contributed by atoms with E-state index in [0.717, 1.165) is 16.8 Å². The maximum atomic E-state index is 12.7. The lowest BCUT2D eigenvalue weighted by molar-refractivity contribution is -0.118. The van der Waals surface area contributed by atoms with E-state index in [0.29, 0.717) is 15.9 Å². The Morgan fingerprint density at radius 3 is 2.64 bits per heavy atom. The number of anilines is 2. The predicted octanol–water partition coefficient (Wildman–Crippen LogP) is 3.48. The molecule has 0 fully saturated rings. The molecule has 6 nitrogen and oxygen atoms in total. The highest BCUT2D eigenvalue weighted by molar-refractivity contribution is 9.10. The molecule has 3 N–H and O–H groups in total. The Hall–Kier alpha value is -2.38. The summed E-state index contributed by atoms with van der Waals surface area (Å²) in [5, 5.41) is 15.8. The average molecular weight is 403 g/mol. The molecule has 25 heavy (non-hydrogen) atoms. The minimum Gasteiger partial charge on any atom is -0.505 e. The molecule has 0 spiro atoms. The number of aryl methyl sites for hydroxylation is 2. The van der Waals surface area contributed by atoms with Crippen molar-refractivity contribution in [2.45, 2.75) is 26.8 Å². The van der Waals surface area contributed by atoms with Crippen molar-refractivity contribution < 1.29 is 9.90 Å². The Morgan fingerprint density at radius 2 is 1.92 bits per heavy atom. The van der Waals surface area contributed by atoms with Crippen LogP contribution in [0.3, 0.4) is 0 Å². The molecular formula is C18H19BrN4O2. The first-order chi connectivity index (χ1) is 11.9. The molecule has 0 saturated heterocycles. The second kappa shape index (κ2) is 6.85. The molecule has 2 aromatic carbocycles. The van der Waals surface area contributed by atoms with E-state index in [1.165, 1.54) is 5.01 Å². The molecule has 0 bridgehead atoms. The quantitative estimate of drug-likeness (QED) is 0.540. The van der Waals surface area contributed by atoms with Gasteiger partial charge < -0.3 is 10.5 Å². The highest BCUT2D eigenvalue weighted by atomic mass is 79.9. The Labute approximate surface area is 154 Å². The number of aromatic hydroxyl groups is 1. The fourth-order valence-corrected chi connectivity index (χ4v) is 2.91. The number of hydrogen-bond acceptors (Lipinski definition) is 5. The number of para-hydroxylation sites is 1. The maximum absolute atomic E-state index is 12.7. The molecule has 1 aliphatic rings. The van der Waals surface area contributed by atoms with Crippen LogP contribution in [0.2, 0.25) is 0 Å². The highest BCUT2D eigenvalue weighted by Crippen LogP contribution is 2.31. The first-order valence-electron chi connectivity index (χ1n) is 7.84. The van der Waals surface area contributed by atoms with Crippen LogP contribution in [0.4, 0.5) is 11.4 Å². The maximum Gasteiger partial charge on any atom is 0.272 e. The first-order valence-corrected chi connectivity index (χ1v) is 8.63. The number of carbonyl (C=O) groups is 1. The zero-order valence-electron chi connectivity index (χ0n) is 14.2. The van der Waals surface area contributed by atoms with Crippen LogP contribution in [0.15, 0.2) is 46.0 Å². The van der Waals surface area contributed by atoms with Crippen molar-refractivity contribution >= 4 is 38.9 Å². The summed E-state index contributed by atoms with van der Waals surface area (Å²) in [5.74, 6) is -0.108. The number of hydrazine groups is 1. The summed E-state index contributed by atoms with van der Waals surface area (Å²) in [4.78, 5) is 12.7. The van der Waals surface area contributed by atoms with Crippen molar-refractivity contribution in [1.29, 1.82) is 0 Å². The van der Waals surface area contributed by atoms with Gasteiger partial charge in [0.2, 0.25) is 0 Å². The molecule has 1 atom stereocenters. The number of hydrogen-bond donors (Lipinski definition) is 3. The lowest BCUT2D eigenvalue weighted by atomic mass is 10.1. The van der Waals surface area contributed by atoms with Gasteiger partial charge in [-0.15, -0.1) is 0 Å². The van der Waals surface area contributed by atoms with Gasteiger partial charge in [0, 0.05) is 0 Å². The SMILES string of the molecule is CC1=NN(c2ccc(C)c(C)c2)C(=O)C1NNc1cccc(Br)c1O. The van der Waals surface area contributed by atoms with Crippen molar-refractivity contribution in [1.82, 2.24) is 5.43 Å². The van der Waals surface area contributed by atoms with Crippen molar-refractivity contribution in [2.75, 3.05) is 10.4 Å². The van der Waals surface area contributed by atoms with Crippen LogP contribution in [0.25, 0.3) is 0 Å². The van der Waals surface area contributed by atoms with Gasteiger partial charge in [-0.25, -0.2) is 5.43 Å². The second-order valence-electron chi connectivity index (χ2n) is 6.00. The zero-order valence-corrected chi connectivity index (χ0v) is 15.8. The van der Waals surface area contributed by atoms with E-state index < -0.39 is 6.04 Å². The number of phenols is 1. The first kappa shape index (κ1) is 17.4. The zero-order chi connectivity index (χ0) is 18.1. The van der Waals surface area contributed by atoms with E-state index in [2.05, 4.69) is 31.9 Å². The molecule has 130 valence electrons. The third kappa shape index (κ3) is 3.38. The molecule has 1 heterocycles. The monoisotopic (exact) mass is 402 g/mol. The van der Waals surface area contributed by atoms with Gasteiger partial charge in [0.05, 0.1) is 21.6 Å². The number of nitrogens with zero attached hydrogens (tertiary/aromatic N) is 2. The molecular weight excluding hydrogens is 384 g/mol. The number of phenolic OH excluding ortho intramolecular Hbond substituents is 1. The van der Waals surface area contributed by atoms with Crippen molar-refractivity contribution in [3.05, 3.63) is 52.0 Å². The molecule has 0 aromatic heterocycles. The van der Waals surface area contributed by atoms with Crippen LogP contribution in [0, 0.1) is 13.8 Å². The van der Waals surface area contributed by atoms with E-state index >= 15 is 0 Å². The van der Waals surface area contributed by atoms with Crippen molar-refractivity contribution in [3.63, 3.8) is 0 Å². The number of rotatable bonds is 4. The van der Waals surface area contributed by atoms with E-state index in [4.69, 9.17) is 0 Å². The standard InChI is InChI=1S/C18H19BrN4O2/c1-10-7-8-13(9-11(10)2)23-18(25)16(12(3)22-23)21-20-15-6-4-5-14(19)17(15)24/h4-9,16,20-21,24H,1-3H3. The summed E-state index contributed by atoms with van der Waals surface area (Å²) in [7, 11) is 0. The molecule has 2 aromatic rings. The number of amides is 1. The molecule has 1 amide bonds. The molecule has 7 heteroatoms. The van der Waals surface area contributed by atoms with E-state index in [1.54, 1.807) is 25.1 Å². The van der Waals surface area contributed by atoms with Crippen molar-refractivity contribution in [2.24, 2.45) is 5.10 Å². The van der Waals surface area contributed by atoms with Crippen LogP contribution in [0.5, 0.6) is 5.75 Å². The van der Waals surface area contributed by atoms with Gasteiger partial charge in [-0.3, -0.25) is 4.79 Å². The second-order valence-corrected chi connectivity index (χ2v) is 6.85. The molecule has 3 rings (SSSR count).